The van der Waals surface area contributed by atoms with Crippen molar-refractivity contribution in [1.29, 1.82) is 0 Å². The van der Waals surface area contributed by atoms with Crippen molar-refractivity contribution in [2.75, 3.05) is 20.6 Å². The Kier molecular flexibility index (Phi) is 4.32. The van der Waals surface area contributed by atoms with Gasteiger partial charge in [-0.05, 0) is 58.0 Å². The molecule has 1 amide bonds. The maximum atomic E-state index is 12.4. The molecule has 114 valence electrons. The standard InChI is InChI=1S/C16H29N3O/c1-19(2)15(11-7-8-11)10-17-16(20)14-9-12-5-3-4-6-13(12)18-14/h11-15,18H,3-10H2,1-2H3,(H,17,20). The monoisotopic (exact) mass is 279 g/mol. The fourth-order valence-electron chi connectivity index (χ4n) is 4.10. The predicted octanol–water partition coefficient (Wildman–Crippen LogP) is 1.36. The Balaban J connectivity index is 1.47. The molecule has 20 heavy (non-hydrogen) atoms. The lowest BCUT2D eigenvalue weighted by atomic mass is 9.85. The molecule has 4 nitrogen and oxygen atoms in total. The first-order chi connectivity index (χ1) is 9.65. The Labute approximate surface area is 122 Å². The van der Waals surface area contributed by atoms with E-state index in [1.165, 1.54) is 38.5 Å². The minimum absolute atomic E-state index is 0.0603. The molecule has 3 fully saturated rings. The summed E-state index contributed by atoms with van der Waals surface area (Å²) in [6, 6.07) is 1.18. The molecule has 4 unspecified atom stereocenters. The molecule has 2 aliphatic carbocycles. The molecule has 1 heterocycles. The third-order valence-corrected chi connectivity index (χ3v) is 5.49. The fourth-order valence-corrected chi connectivity index (χ4v) is 4.10. The van der Waals surface area contributed by atoms with E-state index in [1.807, 2.05) is 0 Å². The summed E-state index contributed by atoms with van der Waals surface area (Å²) in [4.78, 5) is 14.6. The Bertz CT molecular complexity index is 338. The predicted molar refractivity (Wildman–Crippen MR) is 80.5 cm³/mol. The summed E-state index contributed by atoms with van der Waals surface area (Å²) in [5, 5.41) is 6.76. The fraction of sp³-hybridized carbons (Fsp3) is 0.938. The molecule has 4 heteroatoms. The molecule has 3 aliphatic rings. The number of carbonyl (C=O) groups is 1. The molecule has 0 aromatic heterocycles. The second-order valence-electron chi connectivity index (χ2n) is 7.22. The highest BCUT2D eigenvalue weighted by Gasteiger charge is 2.39. The summed E-state index contributed by atoms with van der Waals surface area (Å²) in [5.74, 6) is 1.77. The summed E-state index contributed by atoms with van der Waals surface area (Å²) in [6.45, 7) is 0.810. The van der Waals surface area contributed by atoms with E-state index >= 15 is 0 Å². The number of carbonyl (C=O) groups excluding carboxylic acids is 1. The van der Waals surface area contributed by atoms with E-state index < -0.39 is 0 Å². The zero-order chi connectivity index (χ0) is 14.1. The molecule has 3 rings (SSSR count). The van der Waals surface area contributed by atoms with Crippen LogP contribution in [0.2, 0.25) is 0 Å². The second kappa shape index (κ2) is 6.02. The molecule has 2 saturated carbocycles. The molecule has 0 radical (unpaired) electrons. The molecule has 1 saturated heterocycles. The van der Waals surface area contributed by atoms with Gasteiger partial charge in [0.25, 0.3) is 0 Å². The van der Waals surface area contributed by atoms with Crippen LogP contribution in [0.15, 0.2) is 0 Å². The van der Waals surface area contributed by atoms with Gasteiger partial charge in [-0.2, -0.15) is 0 Å². The van der Waals surface area contributed by atoms with Crippen molar-refractivity contribution >= 4 is 5.91 Å². The van der Waals surface area contributed by atoms with Crippen LogP contribution in [0, 0.1) is 11.8 Å². The lowest BCUT2D eigenvalue weighted by Gasteiger charge is -2.25. The number of hydrogen-bond acceptors (Lipinski definition) is 3. The highest BCUT2D eigenvalue weighted by molar-refractivity contribution is 5.82. The molecule has 4 atom stereocenters. The lowest BCUT2D eigenvalue weighted by Crippen LogP contribution is -2.48. The summed E-state index contributed by atoms with van der Waals surface area (Å²) in [7, 11) is 4.25. The van der Waals surface area contributed by atoms with Crippen LogP contribution < -0.4 is 10.6 Å². The quantitative estimate of drug-likeness (QED) is 0.799. The van der Waals surface area contributed by atoms with E-state index in [4.69, 9.17) is 0 Å². The van der Waals surface area contributed by atoms with Crippen molar-refractivity contribution in [3.05, 3.63) is 0 Å². The molecule has 0 aromatic carbocycles. The summed E-state index contributed by atoms with van der Waals surface area (Å²) in [5.41, 5.74) is 0. The first-order valence-corrected chi connectivity index (χ1v) is 8.35. The number of likely N-dealkylation sites (N-methyl/N-ethyl adjacent to an activating group) is 1. The number of nitrogens with one attached hydrogen (secondary N) is 2. The molecular formula is C16H29N3O. The van der Waals surface area contributed by atoms with Gasteiger partial charge in [-0.25, -0.2) is 0 Å². The van der Waals surface area contributed by atoms with Crippen LogP contribution in [-0.4, -0.2) is 49.6 Å². The molecule has 2 N–H and O–H groups in total. The summed E-state index contributed by atoms with van der Waals surface area (Å²) < 4.78 is 0. The SMILES string of the molecule is CN(C)C(CNC(=O)C1CC2CCCCC2N1)C1CC1. The van der Waals surface area contributed by atoms with Crippen LogP contribution in [-0.2, 0) is 4.79 Å². The molecule has 1 aliphatic heterocycles. The smallest absolute Gasteiger partial charge is 0.237 e. The summed E-state index contributed by atoms with van der Waals surface area (Å²) in [6.07, 6.45) is 8.94. The van der Waals surface area contributed by atoms with Gasteiger partial charge in [-0.3, -0.25) is 4.79 Å². The Morgan fingerprint density at radius 3 is 2.65 bits per heavy atom. The number of nitrogens with zero attached hydrogens (tertiary/aromatic N) is 1. The molecule has 0 bridgehead atoms. The maximum Gasteiger partial charge on any atom is 0.237 e. The van der Waals surface area contributed by atoms with E-state index in [9.17, 15) is 4.79 Å². The minimum Gasteiger partial charge on any atom is -0.353 e. The van der Waals surface area contributed by atoms with Crippen LogP contribution in [0.5, 0.6) is 0 Å². The van der Waals surface area contributed by atoms with Gasteiger partial charge in [0.1, 0.15) is 0 Å². The van der Waals surface area contributed by atoms with Crippen molar-refractivity contribution < 1.29 is 4.79 Å². The van der Waals surface area contributed by atoms with Gasteiger partial charge >= 0.3 is 0 Å². The third kappa shape index (κ3) is 3.17. The van der Waals surface area contributed by atoms with E-state index in [0.29, 0.717) is 12.1 Å². The van der Waals surface area contributed by atoms with Gasteiger partial charge in [0, 0.05) is 18.6 Å². The highest BCUT2D eigenvalue weighted by Crippen LogP contribution is 2.35. The first-order valence-electron chi connectivity index (χ1n) is 8.35. The van der Waals surface area contributed by atoms with Crippen LogP contribution in [0.3, 0.4) is 0 Å². The van der Waals surface area contributed by atoms with Crippen LogP contribution in [0.4, 0.5) is 0 Å². The molecular weight excluding hydrogens is 250 g/mol. The van der Waals surface area contributed by atoms with Gasteiger partial charge in [-0.1, -0.05) is 12.8 Å². The third-order valence-electron chi connectivity index (χ3n) is 5.49. The summed E-state index contributed by atoms with van der Waals surface area (Å²) >= 11 is 0. The average Bonchev–Trinajstić information content (AvgIpc) is 3.16. The van der Waals surface area contributed by atoms with Gasteiger partial charge in [-0.15, -0.1) is 0 Å². The highest BCUT2D eigenvalue weighted by atomic mass is 16.2. The Hall–Kier alpha value is -0.610. The zero-order valence-electron chi connectivity index (χ0n) is 12.9. The van der Waals surface area contributed by atoms with E-state index in [2.05, 4.69) is 29.6 Å². The van der Waals surface area contributed by atoms with Crippen LogP contribution >= 0.6 is 0 Å². The topological polar surface area (TPSA) is 44.4 Å². The van der Waals surface area contributed by atoms with Crippen molar-refractivity contribution in [1.82, 2.24) is 15.5 Å². The van der Waals surface area contributed by atoms with Crippen LogP contribution in [0.25, 0.3) is 0 Å². The van der Waals surface area contributed by atoms with E-state index in [1.54, 1.807) is 0 Å². The minimum atomic E-state index is 0.0603. The van der Waals surface area contributed by atoms with Crippen molar-refractivity contribution in [3.8, 4) is 0 Å². The van der Waals surface area contributed by atoms with Crippen LogP contribution in [0.1, 0.15) is 44.9 Å². The van der Waals surface area contributed by atoms with E-state index in [-0.39, 0.29) is 11.9 Å². The maximum absolute atomic E-state index is 12.4. The van der Waals surface area contributed by atoms with Gasteiger partial charge < -0.3 is 15.5 Å². The lowest BCUT2D eigenvalue weighted by molar-refractivity contribution is -0.123. The Morgan fingerprint density at radius 2 is 2.00 bits per heavy atom. The van der Waals surface area contributed by atoms with Gasteiger partial charge in [0.15, 0.2) is 0 Å². The number of rotatable bonds is 5. The number of fused-ring (bicyclic) bond motifs is 1. The second-order valence-corrected chi connectivity index (χ2v) is 7.22. The largest absolute Gasteiger partial charge is 0.353 e. The molecule has 0 spiro atoms. The zero-order valence-corrected chi connectivity index (χ0v) is 12.9. The van der Waals surface area contributed by atoms with Gasteiger partial charge in [0.2, 0.25) is 5.91 Å². The van der Waals surface area contributed by atoms with Crippen molar-refractivity contribution in [3.63, 3.8) is 0 Å². The molecule has 0 aromatic rings. The van der Waals surface area contributed by atoms with E-state index in [0.717, 1.165) is 24.8 Å². The van der Waals surface area contributed by atoms with Crippen molar-refractivity contribution in [2.45, 2.75) is 63.1 Å². The Morgan fingerprint density at radius 1 is 1.25 bits per heavy atom. The normalized spacial score (nSPS) is 34.9. The van der Waals surface area contributed by atoms with Gasteiger partial charge in [0.05, 0.1) is 6.04 Å². The number of amides is 1. The van der Waals surface area contributed by atoms with Crippen molar-refractivity contribution in [2.24, 2.45) is 11.8 Å². The first kappa shape index (κ1) is 14.3. The average molecular weight is 279 g/mol. The number of hydrogen-bond donors (Lipinski definition) is 2.